The average Bonchev–Trinajstić information content (AvgIpc) is 3.12. The van der Waals surface area contributed by atoms with Crippen LogP contribution < -0.4 is 5.73 Å². The molecule has 7 nitrogen and oxygen atoms in total. The number of carbonyl (C=O) groups is 2. The minimum atomic E-state index is -0.590. The Hall–Kier alpha value is -4.52. The van der Waals surface area contributed by atoms with Crippen LogP contribution in [0.1, 0.15) is 33.2 Å². The Kier molecular flexibility index (Phi) is 5.06. The molecule has 0 bridgehead atoms. The van der Waals surface area contributed by atoms with Crippen molar-refractivity contribution in [2.75, 3.05) is 5.73 Å². The Balaban J connectivity index is 1.69. The molecule has 0 aliphatic heterocycles. The Morgan fingerprint density at radius 3 is 2.33 bits per heavy atom. The minimum Gasteiger partial charge on any atom is -0.457 e. The minimum absolute atomic E-state index is 0.0779. The number of fused-ring (bicyclic) bond motifs is 2. The summed E-state index contributed by atoms with van der Waals surface area (Å²) in [4.78, 5) is 34.5. The van der Waals surface area contributed by atoms with Crippen molar-refractivity contribution >= 4 is 39.8 Å². The molecule has 7 heteroatoms. The largest absolute Gasteiger partial charge is 0.457 e. The number of benzene rings is 3. The lowest BCUT2D eigenvalue weighted by Crippen LogP contribution is -2.09. The maximum atomic E-state index is 13.2. The van der Waals surface area contributed by atoms with Crippen molar-refractivity contribution < 1.29 is 14.3 Å². The molecule has 0 unspecified atom stereocenters. The quantitative estimate of drug-likeness (QED) is 0.316. The Labute approximate surface area is 189 Å². The molecule has 0 saturated heterocycles. The van der Waals surface area contributed by atoms with E-state index in [2.05, 4.69) is 4.98 Å². The lowest BCUT2D eigenvalue weighted by atomic mass is 10.1. The molecule has 5 rings (SSSR count). The van der Waals surface area contributed by atoms with E-state index in [-0.39, 0.29) is 23.8 Å². The van der Waals surface area contributed by atoms with Gasteiger partial charge in [-0.2, -0.15) is 0 Å². The van der Waals surface area contributed by atoms with Gasteiger partial charge in [-0.1, -0.05) is 54.6 Å². The van der Waals surface area contributed by atoms with Crippen LogP contribution in [0.3, 0.4) is 0 Å². The van der Waals surface area contributed by atoms with Gasteiger partial charge in [-0.05, 0) is 36.8 Å². The topological polar surface area (TPSA) is 100 Å². The number of carbonyl (C=O) groups excluding carboxylic acids is 2. The van der Waals surface area contributed by atoms with Gasteiger partial charge in [-0.25, -0.2) is 14.8 Å². The monoisotopic (exact) mass is 436 g/mol. The summed E-state index contributed by atoms with van der Waals surface area (Å²) >= 11 is 0. The number of esters is 1. The first kappa shape index (κ1) is 20.4. The van der Waals surface area contributed by atoms with E-state index < -0.39 is 5.97 Å². The van der Waals surface area contributed by atoms with Gasteiger partial charge >= 0.3 is 5.97 Å². The van der Waals surface area contributed by atoms with Gasteiger partial charge in [0.15, 0.2) is 11.4 Å². The summed E-state index contributed by atoms with van der Waals surface area (Å²) in [6, 6.07) is 23.8. The predicted molar refractivity (Wildman–Crippen MR) is 126 cm³/mol. The smallest absolute Gasteiger partial charge is 0.344 e. The van der Waals surface area contributed by atoms with Crippen LogP contribution in [0.25, 0.3) is 27.9 Å². The third-order valence-corrected chi connectivity index (χ3v) is 5.43. The summed E-state index contributed by atoms with van der Waals surface area (Å²) in [6.07, 6.45) is 0. The fraction of sp³-hybridized carbons (Fsp3) is 0.0769. The molecule has 0 atom stereocenters. The highest BCUT2D eigenvalue weighted by Crippen LogP contribution is 2.32. The molecule has 5 aromatic rings. The molecule has 2 aromatic heterocycles. The van der Waals surface area contributed by atoms with E-state index in [1.807, 2.05) is 54.6 Å². The van der Waals surface area contributed by atoms with Crippen molar-refractivity contribution in [2.45, 2.75) is 13.5 Å². The molecule has 0 saturated carbocycles. The van der Waals surface area contributed by atoms with Gasteiger partial charge < -0.3 is 10.5 Å². The van der Waals surface area contributed by atoms with Crippen LogP contribution in [0.5, 0.6) is 0 Å². The number of anilines is 1. The van der Waals surface area contributed by atoms with Crippen LogP contribution in [-0.2, 0) is 11.3 Å². The third-order valence-electron chi connectivity index (χ3n) is 5.43. The number of Topliss-reactive ketones (excluding diaryl/α,β-unsaturated/α-hetero) is 1. The van der Waals surface area contributed by atoms with Gasteiger partial charge in [-0.15, -0.1) is 0 Å². The molecule has 0 aliphatic rings. The van der Waals surface area contributed by atoms with E-state index in [4.69, 9.17) is 15.5 Å². The van der Waals surface area contributed by atoms with Crippen LogP contribution in [0.15, 0.2) is 78.9 Å². The van der Waals surface area contributed by atoms with Crippen molar-refractivity contribution in [1.29, 1.82) is 0 Å². The average molecular weight is 436 g/mol. The molecule has 0 spiro atoms. The third kappa shape index (κ3) is 3.70. The van der Waals surface area contributed by atoms with Gasteiger partial charge in [0.25, 0.3) is 0 Å². The Bertz CT molecular complexity index is 1520. The van der Waals surface area contributed by atoms with Crippen molar-refractivity contribution in [3.63, 3.8) is 0 Å². The molecule has 0 amide bonds. The van der Waals surface area contributed by atoms with Crippen LogP contribution in [0, 0.1) is 0 Å². The standard InChI is InChI=1S/C26H20N4O3/c1-16(31)18-10-7-11-19(14-18)30-24(27)22(26(32)33-15-17-8-3-2-4-9-17)23-25(30)29-21-13-6-5-12-20(21)28-23/h2-14H,15,27H2,1H3. The SMILES string of the molecule is CC(=O)c1cccc(-n2c(N)c(C(=O)OCc3ccccc3)c3nc4ccccc4nc32)c1. The number of nitrogens with two attached hydrogens (primary N) is 1. The second kappa shape index (κ2) is 8.20. The van der Waals surface area contributed by atoms with Gasteiger partial charge in [-0.3, -0.25) is 9.36 Å². The summed E-state index contributed by atoms with van der Waals surface area (Å²) < 4.78 is 7.21. The van der Waals surface area contributed by atoms with Crippen LogP contribution in [-0.4, -0.2) is 26.3 Å². The van der Waals surface area contributed by atoms with E-state index in [1.165, 1.54) is 6.92 Å². The number of hydrogen-bond donors (Lipinski definition) is 1. The highest BCUT2D eigenvalue weighted by molar-refractivity contribution is 6.09. The highest BCUT2D eigenvalue weighted by atomic mass is 16.5. The Morgan fingerprint density at radius 1 is 0.909 bits per heavy atom. The van der Waals surface area contributed by atoms with E-state index in [0.717, 1.165) is 5.56 Å². The predicted octanol–water partition coefficient (Wildman–Crippen LogP) is 4.72. The molecule has 2 heterocycles. The molecule has 2 N–H and O–H groups in total. The van der Waals surface area contributed by atoms with Crippen LogP contribution in [0.4, 0.5) is 5.82 Å². The first-order chi connectivity index (χ1) is 16.0. The number of ketones is 1. The van der Waals surface area contributed by atoms with Crippen LogP contribution in [0.2, 0.25) is 0 Å². The Morgan fingerprint density at radius 2 is 1.61 bits per heavy atom. The molecule has 0 radical (unpaired) electrons. The summed E-state index contributed by atoms with van der Waals surface area (Å²) in [7, 11) is 0. The van der Waals surface area contributed by atoms with E-state index in [0.29, 0.717) is 33.4 Å². The van der Waals surface area contributed by atoms with Crippen molar-refractivity contribution in [3.05, 3.63) is 95.6 Å². The lowest BCUT2D eigenvalue weighted by molar-refractivity contribution is 0.0476. The zero-order valence-electron chi connectivity index (χ0n) is 17.9. The molecule has 33 heavy (non-hydrogen) atoms. The van der Waals surface area contributed by atoms with Gasteiger partial charge in [0.05, 0.1) is 11.0 Å². The number of rotatable bonds is 5. The van der Waals surface area contributed by atoms with Gasteiger partial charge in [0, 0.05) is 11.3 Å². The number of para-hydroxylation sites is 2. The zero-order chi connectivity index (χ0) is 22.9. The normalized spacial score (nSPS) is 11.1. The fourth-order valence-electron chi connectivity index (χ4n) is 3.78. The van der Waals surface area contributed by atoms with Crippen molar-refractivity contribution in [2.24, 2.45) is 0 Å². The number of ether oxygens (including phenoxy) is 1. The van der Waals surface area contributed by atoms with E-state index >= 15 is 0 Å². The van der Waals surface area contributed by atoms with E-state index in [1.54, 1.807) is 28.8 Å². The summed E-state index contributed by atoms with van der Waals surface area (Å²) in [6.45, 7) is 1.60. The zero-order valence-corrected chi connectivity index (χ0v) is 17.9. The van der Waals surface area contributed by atoms with Gasteiger partial charge in [0.1, 0.15) is 23.5 Å². The number of hydrogen-bond acceptors (Lipinski definition) is 6. The molecule has 3 aromatic carbocycles. The van der Waals surface area contributed by atoms with Crippen LogP contribution >= 0.6 is 0 Å². The molecule has 0 fully saturated rings. The second-order valence-electron chi connectivity index (χ2n) is 7.65. The number of nitrogens with zero attached hydrogens (tertiary/aromatic N) is 3. The fourth-order valence-corrected chi connectivity index (χ4v) is 3.78. The number of nitrogen functional groups attached to an aromatic ring is 1. The van der Waals surface area contributed by atoms with Gasteiger partial charge in [0.2, 0.25) is 0 Å². The molecule has 0 aliphatic carbocycles. The van der Waals surface area contributed by atoms with Crippen molar-refractivity contribution in [1.82, 2.24) is 14.5 Å². The maximum Gasteiger partial charge on any atom is 0.344 e. The molecular formula is C26H20N4O3. The summed E-state index contributed by atoms with van der Waals surface area (Å²) in [5.74, 6) is -0.516. The first-order valence-corrected chi connectivity index (χ1v) is 10.4. The first-order valence-electron chi connectivity index (χ1n) is 10.4. The number of aromatic nitrogens is 3. The van der Waals surface area contributed by atoms with Crippen molar-refractivity contribution in [3.8, 4) is 5.69 Å². The second-order valence-corrected chi connectivity index (χ2v) is 7.65. The molecular weight excluding hydrogens is 416 g/mol. The molecule has 162 valence electrons. The highest BCUT2D eigenvalue weighted by Gasteiger charge is 2.26. The maximum absolute atomic E-state index is 13.2. The lowest BCUT2D eigenvalue weighted by Gasteiger charge is -2.09. The summed E-state index contributed by atoms with van der Waals surface area (Å²) in [5, 5.41) is 0. The van der Waals surface area contributed by atoms with E-state index in [9.17, 15) is 9.59 Å². The summed E-state index contributed by atoms with van der Waals surface area (Å²) in [5.41, 5.74) is 10.7.